The lowest BCUT2D eigenvalue weighted by Gasteiger charge is -2.28. The molecule has 0 spiro atoms. The Bertz CT molecular complexity index is 4060. The number of fused-ring (bicyclic) bond motifs is 14. The summed E-state index contributed by atoms with van der Waals surface area (Å²) >= 11 is 7.51. The molecule has 10 rings (SSSR count). The summed E-state index contributed by atoms with van der Waals surface area (Å²) in [6.07, 6.45) is 2.52. The maximum absolute atomic E-state index is 14.5. The van der Waals surface area contributed by atoms with E-state index in [2.05, 4.69) is 21.3 Å². The van der Waals surface area contributed by atoms with E-state index in [1.807, 2.05) is 61.9 Å². The number of rotatable bonds is 18. The van der Waals surface area contributed by atoms with E-state index in [1.54, 1.807) is 29.8 Å². The number of ketones is 1. The van der Waals surface area contributed by atoms with Gasteiger partial charge in [0.2, 0.25) is 11.8 Å². The van der Waals surface area contributed by atoms with Gasteiger partial charge >= 0.3 is 18.0 Å². The van der Waals surface area contributed by atoms with Crippen LogP contribution in [0.2, 0.25) is 0 Å². The molecule has 1 aromatic carbocycles. The van der Waals surface area contributed by atoms with Crippen molar-refractivity contribution >= 4 is 121 Å². The summed E-state index contributed by atoms with van der Waals surface area (Å²) in [7, 11) is 2.98. The zero-order valence-corrected chi connectivity index (χ0v) is 57.2. The van der Waals surface area contributed by atoms with Crippen LogP contribution in [0, 0.1) is 18.8 Å². The Morgan fingerprint density at radius 3 is 2.14 bits per heavy atom. The van der Waals surface area contributed by atoms with Gasteiger partial charge < -0.3 is 41.0 Å². The zero-order valence-electron chi connectivity index (χ0n) is 52.3. The molecule has 8 aromatic rings. The molecule has 0 saturated heterocycles. The van der Waals surface area contributed by atoms with Crippen molar-refractivity contribution in [2.45, 2.75) is 135 Å². The predicted octanol–water partition coefficient (Wildman–Crippen LogP) is 11.9. The largest absolute Gasteiger partial charge is 0.481 e. The second-order valence-corrected chi connectivity index (χ2v) is 29.0. The maximum atomic E-state index is 14.5. The highest BCUT2D eigenvalue weighted by atomic mass is 32.1. The highest BCUT2D eigenvalue weighted by Crippen LogP contribution is 2.42. The van der Waals surface area contributed by atoms with Crippen LogP contribution in [0.25, 0.3) is 43.4 Å². The van der Waals surface area contributed by atoms with Crippen LogP contribution in [-0.2, 0) is 35.3 Å². The van der Waals surface area contributed by atoms with E-state index in [1.165, 1.54) is 87.1 Å². The Labute approximate surface area is 565 Å². The van der Waals surface area contributed by atoms with Gasteiger partial charge in [0, 0.05) is 77.3 Å². The Morgan fingerprint density at radius 2 is 1.40 bits per heavy atom. The van der Waals surface area contributed by atoms with Crippen LogP contribution in [0.4, 0.5) is 10.6 Å². The molecule has 2 aliphatic rings. The fourth-order valence-electron chi connectivity index (χ4n) is 11.0. The average molecular weight is 1390 g/mol. The number of carboxylic acid groups (broad SMARTS) is 2. The Kier molecular flexibility index (Phi) is 23.0. The van der Waals surface area contributed by atoms with Crippen molar-refractivity contribution in [3.8, 4) is 43.4 Å². The normalized spacial score (nSPS) is 18.4. The first-order valence-electron chi connectivity index (χ1n) is 30.7. The average Bonchev–Trinajstić information content (AvgIpc) is 1.62. The van der Waals surface area contributed by atoms with Crippen molar-refractivity contribution in [1.82, 2.24) is 56.2 Å². The second kappa shape index (κ2) is 31.4. The van der Waals surface area contributed by atoms with Crippen LogP contribution in [0.15, 0.2) is 64.0 Å². The molecule has 494 valence electrons. The number of Topliss-reactive ketones (excluding diaryl/α,β-unsaturated/α-hetero) is 1. The molecule has 1 aliphatic heterocycles. The molecule has 1 aliphatic carbocycles. The molecule has 4 atom stereocenters. The fraction of sp³-hybridized carbons (Fsp3) is 0.422. The number of carbonyl (C=O) groups excluding carboxylic acids is 6. The minimum Gasteiger partial charge on any atom is -0.481 e. The maximum Gasteiger partial charge on any atom is 0.415 e. The third kappa shape index (κ3) is 16.7. The number of benzene rings is 1. The number of hydrogen-bond donors (Lipinski definition) is 6. The van der Waals surface area contributed by atoms with Crippen molar-refractivity contribution in [2.24, 2.45) is 11.8 Å². The summed E-state index contributed by atoms with van der Waals surface area (Å²) < 4.78 is 11.5. The van der Waals surface area contributed by atoms with Gasteiger partial charge in [-0.2, -0.15) is 0 Å². The number of aryl methyl sites for hydroxylation is 1. The van der Waals surface area contributed by atoms with Gasteiger partial charge in [-0.05, 0) is 69.1 Å². The molecule has 10 bridgehead atoms. The molecule has 1 saturated carbocycles. The smallest absolute Gasteiger partial charge is 0.415 e. The number of thiazole rings is 6. The number of hydrogen-bond acceptors (Lipinski definition) is 23. The van der Waals surface area contributed by atoms with Gasteiger partial charge in [-0.3, -0.25) is 38.5 Å². The number of aliphatic carboxylic acids is 2. The van der Waals surface area contributed by atoms with Gasteiger partial charge in [-0.25, -0.2) is 39.7 Å². The molecule has 1 unspecified atom stereocenters. The summed E-state index contributed by atoms with van der Waals surface area (Å²) in [5.41, 5.74) is 3.44. The highest BCUT2D eigenvalue weighted by molar-refractivity contribution is 7.15. The van der Waals surface area contributed by atoms with Crippen LogP contribution in [-0.4, -0.2) is 126 Å². The van der Waals surface area contributed by atoms with E-state index < -0.39 is 78.2 Å². The van der Waals surface area contributed by atoms with E-state index in [0.717, 1.165) is 5.56 Å². The monoisotopic (exact) mass is 1390 g/mol. The molecule has 8 heterocycles. The number of ether oxygens (including phenoxy) is 2. The number of anilines is 1. The summed E-state index contributed by atoms with van der Waals surface area (Å²) in [5.74, 6) is -5.23. The third-order valence-electron chi connectivity index (χ3n) is 16.3. The highest BCUT2D eigenvalue weighted by Gasteiger charge is 2.35. The van der Waals surface area contributed by atoms with Gasteiger partial charge in [-0.15, -0.1) is 68.0 Å². The Hall–Kier alpha value is -8.13. The van der Waals surface area contributed by atoms with Crippen LogP contribution in [0.3, 0.4) is 0 Å². The number of nitrogens with one attached hydrogen (secondary N) is 4. The topological polar surface area (TPSA) is 337 Å². The zero-order chi connectivity index (χ0) is 66.7. The SMILES string of the molecule is CNC(=O)C[C@@H]1NC(=O)c2csc(n2)-c2ccc(-c3nc(N(CCCCCCC(=O)O)C(=O)OC4CCC(C(=O)O)CC4)cs3)nc2-c2csc(n2)-c2csc(n2)[C@H]([C@@H](C)c2ccccc2)NC(=O)CNC(=O)c2nc(sc2COC)C(C(C)C)CC(=O)c2nc1sc2C. The molecule has 24 nitrogen and oxygen atoms in total. The number of unbranched alkanes of at least 4 members (excludes halogenated alkanes) is 3. The van der Waals surface area contributed by atoms with Crippen molar-refractivity contribution in [3.63, 3.8) is 0 Å². The quantitative estimate of drug-likeness (QED) is 0.0435. The Balaban J connectivity index is 1.03. The molecule has 0 radical (unpaired) electrons. The van der Waals surface area contributed by atoms with E-state index >= 15 is 0 Å². The number of methoxy groups -OCH3 is 1. The van der Waals surface area contributed by atoms with Gasteiger partial charge in [0.15, 0.2) is 5.78 Å². The molecular formula is C64H70N12O12S6. The minimum atomic E-state index is -0.977. The van der Waals surface area contributed by atoms with Gasteiger partial charge in [0.1, 0.15) is 71.1 Å². The molecule has 30 heteroatoms. The number of nitrogens with zero attached hydrogens (tertiary/aromatic N) is 8. The predicted molar refractivity (Wildman–Crippen MR) is 360 cm³/mol. The number of amides is 5. The van der Waals surface area contributed by atoms with Crippen molar-refractivity contribution in [2.75, 3.05) is 32.1 Å². The number of carbonyl (C=O) groups is 8. The molecule has 1 fully saturated rings. The fourth-order valence-corrected chi connectivity index (χ4v) is 16.7. The first kappa shape index (κ1) is 68.7. The summed E-state index contributed by atoms with van der Waals surface area (Å²) in [6.45, 7) is 7.51. The third-order valence-corrected chi connectivity index (χ3v) is 22.0. The van der Waals surface area contributed by atoms with Crippen LogP contribution in [0.1, 0.15) is 177 Å². The second-order valence-electron chi connectivity index (χ2n) is 23.2. The molecule has 7 aromatic heterocycles. The lowest BCUT2D eigenvalue weighted by Crippen LogP contribution is -2.40. The summed E-state index contributed by atoms with van der Waals surface area (Å²) in [4.78, 5) is 145. The van der Waals surface area contributed by atoms with E-state index in [0.29, 0.717) is 125 Å². The van der Waals surface area contributed by atoms with E-state index in [4.69, 9.17) is 44.4 Å². The summed E-state index contributed by atoms with van der Waals surface area (Å²) in [6, 6.07) is 11.6. The van der Waals surface area contributed by atoms with E-state index in [-0.39, 0.29) is 67.1 Å². The van der Waals surface area contributed by atoms with Gasteiger partial charge in [0.05, 0.1) is 53.2 Å². The first-order valence-corrected chi connectivity index (χ1v) is 35.8. The molecule has 6 N–H and O–H groups in total. The minimum absolute atomic E-state index is 0.0288. The first-order chi connectivity index (χ1) is 45.2. The standard InChI is InChI=1S/C64H70N12O12S6/c1-32(2)39-24-45(77)52-34(4)93-61(74-52)41(25-48(78)65-5)68-55(82)43-29-89-57(70-43)38-21-22-40(59-72-47(31-92-59)76(23-13-8-7-12-16-50(80)81)64(86)88-37-19-17-36(18-20-37)63(84)85)67-53(38)42-28-90-60(69-42)44-30-91-62(71-44)51(33(3)35-14-10-9-11-15-35)73-49(79)26-66-56(83)54-46(27-87-6)94-58(39)75-54/h9-11,14-15,21-22,28-33,36-37,39,41,51H,7-8,12-13,16-20,23-27H2,1-6H3,(H,65,78)(H,66,83)(H,68,82)(H,73,79)(H,80,81)(H,84,85)/t33-,36?,37?,39?,41-,51-/m0/s1. The lowest BCUT2D eigenvalue weighted by atomic mass is 9.87. The van der Waals surface area contributed by atoms with Gasteiger partial charge in [-0.1, -0.05) is 63.9 Å². The van der Waals surface area contributed by atoms with E-state index in [9.17, 15) is 48.6 Å². The molecule has 5 amide bonds. The summed E-state index contributed by atoms with van der Waals surface area (Å²) in [5, 5.41) is 40.1. The van der Waals surface area contributed by atoms with Crippen molar-refractivity contribution < 1.29 is 58.0 Å². The Morgan fingerprint density at radius 1 is 0.702 bits per heavy atom. The number of carboxylic acids is 2. The van der Waals surface area contributed by atoms with Crippen LogP contribution in [0.5, 0.6) is 0 Å². The lowest BCUT2D eigenvalue weighted by molar-refractivity contribution is -0.143. The number of pyridine rings is 1. The number of aromatic nitrogens is 7. The van der Waals surface area contributed by atoms with Gasteiger partial charge in [0.25, 0.3) is 11.8 Å². The van der Waals surface area contributed by atoms with Crippen LogP contribution >= 0.6 is 68.0 Å². The van der Waals surface area contributed by atoms with Crippen molar-refractivity contribution in [3.05, 3.63) is 111 Å². The van der Waals surface area contributed by atoms with Crippen LogP contribution < -0.4 is 26.2 Å². The molecular weight excluding hydrogens is 1320 g/mol. The molecule has 94 heavy (non-hydrogen) atoms. The van der Waals surface area contributed by atoms with Crippen molar-refractivity contribution in [1.29, 1.82) is 0 Å².